The topological polar surface area (TPSA) is 55.1 Å². The molecule has 3 N–H and O–H groups in total. The van der Waals surface area contributed by atoms with Gasteiger partial charge in [-0.25, -0.2) is 0 Å². The second-order valence-electron chi connectivity index (χ2n) is 4.13. The Morgan fingerprint density at radius 1 is 1.38 bits per heavy atom. The van der Waals surface area contributed by atoms with Gasteiger partial charge >= 0.3 is 0 Å². The fourth-order valence-corrected chi connectivity index (χ4v) is 1.61. The van der Waals surface area contributed by atoms with Crippen molar-refractivity contribution in [3.63, 3.8) is 0 Å². The van der Waals surface area contributed by atoms with Crippen LogP contribution in [0.25, 0.3) is 0 Å². The molecule has 3 heteroatoms. The number of carbonyl (C=O) groups excluding carboxylic acids is 1. The predicted octanol–water partition coefficient (Wildman–Crippen LogP) is 2.06. The molecule has 1 atom stereocenters. The van der Waals surface area contributed by atoms with Gasteiger partial charge in [0.25, 0.3) is 0 Å². The maximum Gasteiger partial charge on any atom is 0.248 e. The van der Waals surface area contributed by atoms with Crippen LogP contribution < -0.4 is 11.1 Å². The SMILES string of the molecule is CCCC(C)NCc1ccc(C(N)=O)cc1. The lowest BCUT2D eigenvalue weighted by Crippen LogP contribution is -2.25. The van der Waals surface area contributed by atoms with Crippen molar-refractivity contribution in [1.29, 1.82) is 0 Å². The zero-order valence-electron chi connectivity index (χ0n) is 9.99. The second kappa shape index (κ2) is 6.28. The Kier molecular flexibility index (Phi) is 4.99. The normalized spacial score (nSPS) is 12.4. The molecule has 3 nitrogen and oxygen atoms in total. The molecule has 16 heavy (non-hydrogen) atoms. The minimum atomic E-state index is -0.376. The van der Waals surface area contributed by atoms with Crippen LogP contribution >= 0.6 is 0 Å². The molecule has 1 amide bonds. The van der Waals surface area contributed by atoms with Gasteiger partial charge in [-0.3, -0.25) is 4.79 Å². The molecule has 88 valence electrons. The molecule has 0 aliphatic heterocycles. The molecular weight excluding hydrogens is 200 g/mol. The Labute approximate surface area is 97.0 Å². The molecular formula is C13H20N2O. The molecule has 0 aromatic heterocycles. The third kappa shape index (κ3) is 4.03. The molecule has 1 aromatic carbocycles. The van der Waals surface area contributed by atoms with Gasteiger partial charge in [-0.05, 0) is 31.0 Å². The van der Waals surface area contributed by atoms with Gasteiger partial charge in [0.05, 0.1) is 0 Å². The number of nitrogens with two attached hydrogens (primary N) is 1. The average Bonchev–Trinajstić information content (AvgIpc) is 2.27. The molecule has 0 bridgehead atoms. The maximum absolute atomic E-state index is 10.9. The Morgan fingerprint density at radius 3 is 2.50 bits per heavy atom. The molecule has 1 aromatic rings. The summed E-state index contributed by atoms with van der Waals surface area (Å²) >= 11 is 0. The van der Waals surface area contributed by atoms with E-state index in [1.807, 2.05) is 12.1 Å². The number of hydrogen-bond acceptors (Lipinski definition) is 2. The van der Waals surface area contributed by atoms with E-state index in [9.17, 15) is 4.79 Å². The largest absolute Gasteiger partial charge is 0.366 e. The molecule has 0 fully saturated rings. The quantitative estimate of drug-likeness (QED) is 0.771. The van der Waals surface area contributed by atoms with Crippen LogP contribution in [0, 0.1) is 0 Å². The summed E-state index contributed by atoms with van der Waals surface area (Å²) in [7, 11) is 0. The Balaban J connectivity index is 2.46. The van der Waals surface area contributed by atoms with Crippen LogP contribution in [0.4, 0.5) is 0 Å². The third-order valence-corrected chi connectivity index (χ3v) is 2.61. The Morgan fingerprint density at radius 2 is 2.00 bits per heavy atom. The van der Waals surface area contributed by atoms with E-state index in [4.69, 9.17) is 5.73 Å². The van der Waals surface area contributed by atoms with Gasteiger partial charge in [0.1, 0.15) is 0 Å². The first-order valence-corrected chi connectivity index (χ1v) is 5.75. The van der Waals surface area contributed by atoms with Gasteiger partial charge in [0, 0.05) is 18.2 Å². The van der Waals surface area contributed by atoms with Crippen LogP contribution in [-0.2, 0) is 6.54 Å². The summed E-state index contributed by atoms with van der Waals surface area (Å²) in [6, 6.07) is 7.94. The average molecular weight is 220 g/mol. The molecule has 0 spiro atoms. The molecule has 0 aliphatic carbocycles. The van der Waals surface area contributed by atoms with Crippen molar-refractivity contribution in [3.05, 3.63) is 35.4 Å². The highest BCUT2D eigenvalue weighted by atomic mass is 16.1. The van der Waals surface area contributed by atoms with Crippen LogP contribution in [-0.4, -0.2) is 11.9 Å². The molecule has 0 radical (unpaired) electrons. The maximum atomic E-state index is 10.9. The number of rotatable bonds is 6. The molecule has 0 aliphatic rings. The van der Waals surface area contributed by atoms with Crippen LogP contribution in [0.15, 0.2) is 24.3 Å². The first kappa shape index (κ1) is 12.7. The lowest BCUT2D eigenvalue weighted by atomic mass is 10.1. The van der Waals surface area contributed by atoms with E-state index in [2.05, 4.69) is 19.2 Å². The monoisotopic (exact) mass is 220 g/mol. The highest BCUT2D eigenvalue weighted by Gasteiger charge is 2.01. The van der Waals surface area contributed by atoms with Crippen molar-refractivity contribution >= 4 is 5.91 Å². The van der Waals surface area contributed by atoms with Gasteiger partial charge in [-0.1, -0.05) is 25.5 Å². The van der Waals surface area contributed by atoms with Gasteiger partial charge < -0.3 is 11.1 Å². The van der Waals surface area contributed by atoms with Crippen LogP contribution in [0.2, 0.25) is 0 Å². The number of nitrogens with one attached hydrogen (secondary N) is 1. The van der Waals surface area contributed by atoms with Gasteiger partial charge in [0.2, 0.25) is 5.91 Å². The van der Waals surface area contributed by atoms with Crippen molar-refractivity contribution in [1.82, 2.24) is 5.32 Å². The van der Waals surface area contributed by atoms with Crippen molar-refractivity contribution in [2.75, 3.05) is 0 Å². The van der Waals surface area contributed by atoms with E-state index in [1.54, 1.807) is 12.1 Å². The smallest absolute Gasteiger partial charge is 0.248 e. The van der Waals surface area contributed by atoms with Gasteiger partial charge in [-0.2, -0.15) is 0 Å². The summed E-state index contributed by atoms with van der Waals surface area (Å²) in [4.78, 5) is 10.9. The van der Waals surface area contributed by atoms with Crippen molar-refractivity contribution in [3.8, 4) is 0 Å². The minimum Gasteiger partial charge on any atom is -0.366 e. The number of benzene rings is 1. The van der Waals surface area contributed by atoms with Crippen molar-refractivity contribution in [2.24, 2.45) is 5.73 Å². The molecule has 0 saturated heterocycles. The van der Waals surface area contributed by atoms with E-state index >= 15 is 0 Å². The second-order valence-corrected chi connectivity index (χ2v) is 4.13. The van der Waals surface area contributed by atoms with Crippen molar-refractivity contribution < 1.29 is 4.79 Å². The summed E-state index contributed by atoms with van der Waals surface area (Å²) in [6.07, 6.45) is 2.37. The van der Waals surface area contributed by atoms with E-state index in [0.717, 1.165) is 6.54 Å². The summed E-state index contributed by atoms with van der Waals surface area (Å²) in [5.74, 6) is -0.376. The summed E-state index contributed by atoms with van der Waals surface area (Å²) < 4.78 is 0. The predicted molar refractivity (Wildman–Crippen MR) is 66.2 cm³/mol. The van der Waals surface area contributed by atoms with E-state index in [1.165, 1.54) is 18.4 Å². The fourth-order valence-electron chi connectivity index (χ4n) is 1.61. The van der Waals surface area contributed by atoms with E-state index in [-0.39, 0.29) is 5.91 Å². The standard InChI is InChI=1S/C13H20N2O/c1-3-4-10(2)15-9-11-5-7-12(8-6-11)13(14)16/h5-8,10,15H,3-4,9H2,1-2H3,(H2,14,16). The molecule has 0 heterocycles. The zero-order valence-corrected chi connectivity index (χ0v) is 9.99. The number of hydrogen-bond donors (Lipinski definition) is 2. The van der Waals surface area contributed by atoms with E-state index in [0.29, 0.717) is 11.6 Å². The third-order valence-electron chi connectivity index (χ3n) is 2.61. The molecule has 0 saturated carbocycles. The van der Waals surface area contributed by atoms with Crippen LogP contribution in [0.3, 0.4) is 0 Å². The van der Waals surface area contributed by atoms with E-state index < -0.39 is 0 Å². The number of primary amides is 1. The lowest BCUT2D eigenvalue weighted by Gasteiger charge is -2.12. The van der Waals surface area contributed by atoms with Crippen LogP contribution in [0.1, 0.15) is 42.6 Å². The zero-order chi connectivity index (χ0) is 12.0. The highest BCUT2D eigenvalue weighted by molar-refractivity contribution is 5.92. The number of amides is 1. The molecule has 1 rings (SSSR count). The summed E-state index contributed by atoms with van der Waals surface area (Å²) in [5, 5.41) is 3.43. The fraction of sp³-hybridized carbons (Fsp3) is 0.462. The van der Waals surface area contributed by atoms with Gasteiger partial charge in [0.15, 0.2) is 0 Å². The highest BCUT2D eigenvalue weighted by Crippen LogP contribution is 2.04. The summed E-state index contributed by atoms with van der Waals surface area (Å²) in [5.41, 5.74) is 6.91. The summed E-state index contributed by atoms with van der Waals surface area (Å²) in [6.45, 7) is 5.20. The minimum absolute atomic E-state index is 0.376. The Hall–Kier alpha value is -1.35. The lowest BCUT2D eigenvalue weighted by molar-refractivity contribution is 0.100. The number of carbonyl (C=O) groups is 1. The first-order valence-electron chi connectivity index (χ1n) is 5.75. The molecule has 1 unspecified atom stereocenters. The van der Waals surface area contributed by atoms with Gasteiger partial charge in [-0.15, -0.1) is 0 Å². The van der Waals surface area contributed by atoms with Crippen LogP contribution in [0.5, 0.6) is 0 Å². The Bertz CT molecular complexity index is 332. The van der Waals surface area contributed by atoms with Crippen molar-refractivity contribution in [2.45, 2.75) is 39.3 Å². The first-order chi connectivity index (χ1) is 7.63.